The molecule has 2 aromatic carbocycles. The van der Waals surface area contributed by atoms with E-state index in [9.17, 15) is 9.90 Å². The fourth-order valence-corrected chi connectivity index (χ4v) is 3.76. The molecular weight excluding hydrogens is 370 g/mol. The molecule has 7 heteroatoms. The molecule has 1 heterocycles. The van der Waals surface area contributed by atoms with Gasteiger partial charge in [-0.15, -0.1) is 0 Å². The number of hydrogen-bond donors (Lipinski definition) is 1. The normalized spacial score (nSPS) is 15.6. The highest BCUT2D eigenvalue weighted by molar-refractivity contribution is 8.27. The average molecular weight is 387 g/mol. The summed E-state index contributed by atoms with van der Waals surface area (Å²) in [5.41, 5.74) is 1.44. The zero-order valence-electron chi connectivity index (χ0n) is 14.3. The maximum Gasteiger partial charge on any atom is 0.270 e. The van der Waals surface area contributed by atoms with Gasteiger partial charge in [0.15, 0.2) is 15.8 Å². The van der Waals surface area contributed by atoms with Gasteiger partial charge in [-0.3, -0.25) is 9.69 Å². The summed E-state index contributed by atoms with van der Waals surface area (Å²) in [4.78, 5) is 14.8. The number of phenols is 1. The van der Waals surface area contributed by atoms with Crippen LogP contribution < -0.4 is 14.4 Å². The Kier molecular flexibility index (Phi) is 5.49. The van der Waals surface area contributed by atoms with Crippen LogP contribution in [0.5, 0.6) is 17.2 Å². The minimum absolute atomic E-state index is 0.0646. The molecule has 0 unspecified atom stereocenters. The smallest absolute Gasteiger partial charge is 0.270 e. The number of phenolic OH excluding ortho intramolecular Hbond substituents is 1. The Bertz CT molecular complexity index is 878. The summed E-state index contributed by atoms with van der Waals surface area (Å²) in [5.74, 6) is 0.972. The predicted octanol–water partition coefficient (Wildman–Crippen LogP) is 4.21. The molecule has 0 bridgehead atoms. The van der Waals surface area contributed by atoms with Crippen LogP contribution in [0.15, 0.2) is 47.4 Å². The van der Waals surface area contributed by atoms with Crippen molar-refractivity contribution in [1.29, 1.82) is 0 Å². The number of thiocarbonyl (C=S) groups is 1. The lowest BCUT2D eigenvalue weighted by Gasteiger charge is -2.14. The van der Waals surface area contributed by atoms with E-state index < -0.39 is 0 Å². The molecule has 1 amide bonds. The van der Waals surface area contributed by atoms with E-state index in [0.29, 0.717) is 33.0 Å². The molecule has 0 radical (unpaired) electrons. The molecule has 5 nitrogen and oxygen atoms in total. The Morgan fingerprint density at radius 2 is 1.96 bits per heavy atom. The second-order valence-corrected chi connectivity index (χ2v) is 7.05. The fourth-order valence-electron chi connectivity index (χ4n) is 2.46. The summed E-state index contributed by atoms with van der Waals surface area (Å²) >= 11 is 6.61. The average Bonchev–Trinajstić information content (AvgIpc) is 2.92. The van der Waals surface area contributed by atoms with Crippen LogP contribution in [0.1, 0.15) is 12.5 Å². The van der Waals surface area contributed by atoms with Crippen LogP contribution in [0.4, 0.5) is 5.69 Å². The summed E-state index contributed by atoms with van der Waals surface area (Å²) in [5, 5.41) is 9.80. The highest BCUT2D eigenvalue weighted by Gasteiger charge is 2.33. The number of rotatable bonds is 5. The van der Waals surface area contributed by atoms with Gasteiger partial charge < -0.3 is 14.6 Å². The van der Waals surface area contributed by atoms with Gasteiger partial charge in [0.1, 0.15) is 5.75 Å². The molecule has 1 aliphatic rings. The van der Waals surface area contributed by atoms with Crippen molar-refractivity contribution >= 4 is 46.0 Å². The van der Waals surface area contributed by atoms with Crippen LogP contribution in [-0.2, 0) is 4.79 Å². The molecule has 0 spiro atoms. The first kappa shape index (κ1) is 18.3. The predicted molar refractivity (Wildman–Crippen MR) is 108 cm³/mol. The zero-order valence-corrected chi connectivity index (χ0v) is 15.9. The summed E-state index contributed by atoms with van der Waals surface area (Å²) in [6.07, 6.45) is 1.74. The van der Waals surface area contributed by atoms with E-state index in [-0.39, 0.29) is 11.7 Å². The highest BCUT2D eigenvalue weighted by atomic mass is 32.2. The summed E-state index contributed by atoms with van der Waals surface area (Å²) in [7, 11) is 1.59. The topological polar surface area (TPSA) is 59.0 Å². The third-order valence-corrected chi connectivity index (χ3v) is 5.01. The van der Waals surface area contributed by atoms with Gasteiger partial charge in [-0.2, -0.15) is 0 Å². The van der Waals surface area contributed by atoms with Crippen LogP contribution in [0, 0.1) is 0 Å². The SMILES string of the molecule is CCOc1cc(C=C2SC(=S)N(c3ccc(OC)cc3)C2=O)ccc1O. The fraction of sp³-hybridized carbons (Fsp3) is 0.158. The first-order chi connectivity index (χ1) is 12.5. The van der Waals surface area contributed by atoms with E-state index in [2.05, 4.69) is 0 Å². The van der Waals surface area contributed by atoms with Gasteiger partial charge in [0.25, 0.3) is 5.91 Å². The van der Waals surface area contributed by atoms with Crippen LogP contribution in [0.25, 0.3) is 6.08 Å². The maximum atomic E-state index is 12.8. The van der Waals surface area contributed by atoms with Gasteiger partial charge in [0, 0.05) is 0 Å². The molecule has 1 fully saturated rings. The van der Waals surface area contributed by atoms with E-state index in [1.54, 1.807) is 55.7 Å². The third kappa shape index (κ3) is 3.68. The molecule has 1 N–H and O–H groups in total. The van der Waals surface area contributed by atoms with Gasteiger partial charge in [-0.05, 0) is 55.0 Å². The van der Waals surface area contributed by atoms with Crippen molar-refractivity contribution in [2.24, 2.45) is 0 Å². The van der Waals surface area contributed by atoms with Crippen LogP contribution in [0.2, 0.25) is 0 Å². The van der Waals surface area contributed by atoms with Crippen molar-refractivity contribution in [3.8, 4) is 17.2 Å². The van der Waals surface area contributed by atoms with Crippen molar-refractivity contribution in [3.63, 3.8) is 0 Å². The van der Waals surface area contributed by atoms with E-state index in [1.807, 2.05) is 6.92 Å². The lowest BCUT2D eigenvalue weighted by molar-refractivity contribution is -0.113. The lowest BCUT2D eigenvalue weighted by atomic mass is 10.2. The number of ether oxygens (including phenoxy) is 2. The molecule has 134 valence electrons. The van der Waals surface area contributed by atoms with Crippen molar-refractivity contribution in [2.75, 3.05) is 18.6 Å². The first-order valence-corrected chi connectivity index (χ1v) is 9.13. The van der Waals surface area contributed by atoms with Crippen molar-refractivity contribution in [1.82, 2.24) is 0 Å². The van der Waals surface area contributed by atoms with Crippen molar-refractivity contribution in [2.45, 2.75) is 6.92 Å². The number of methoxy groups -OCH3 is 1. The second kappa shape index (κ2) is 7.80. The molecule has 1 saturated heterocycles. The van der Waals surface area contributed by atoms with E-state index in [0.717, 1.165) is 5.56 Å². The summed E-state index contributed by atoms with van der Waals surface area (Å²) in [6, 6.07) is 12.1. The molecular formula is C19H17NO4S2. The van der Waals surface area contributed by atoms with E-state index >= 15 is 0 Å². The number of thioether (sulfide) groups is 1. The highest BCUT2D eigenvalue weighted by Crippen LogP contribution is 2.37. The Labute approximate surface area is 161 Å². The largest absolute Gasteiger partial charge is 0.504 e. The Hall–Kier alpha value is -2.51. The molecule has 3 rings (SSSR count). The number of hydrogen-bond acceptors (Lipinski definition) is 6. The van der Waals surface area contributed by atoms with Gasteiger partial charge in [-0.1, -0.05) is 30.0 Å². The minimum Gasteiger partial charge on any atom is -0.504 e. The molecule has 0 atom stereocenters. The zero-order chi connectivity index (χ0) is 18.7. The lowest BCUT2D eigenvalue weighted by Crippen LogP contribution is -2.27. The van der Waals surface area contributed by atoms with E-state index in [1.165, 1.54) is 16.7 Å². The van der Waals surface area contributed by atoms with Crippen LogP contribution >= 0.6 is 24.0 Å². The van der Waals surface area contributed by atoms with Crippen LogP contribution in [-0.4, -0.2) is 29.1 Å². The van der Waals surface area contributed by atoms with Crippen LogP contribution in [0.3, 0.4) is 0 Å². The second-order valence-electron chi connectivity index (χ2n) is 5.38. The number of aromatic hydroxyl groups is 1. The summed E-state index contributed by atoms with van der Waals surface area (Å²) < 4.78 is 11.0. The van der Waals surface area contributed by atoms with E-state index in [4.69, 9.17) is 21.7 Å². The Morgan fingerprint density at radius 3 is 2.62 bits per heavy atom. The number of nitrogens with zero attached hydrogens (tertiary/aromatic N) is 1. The number of carbonyl (C=O) groups is 1. The number of amides is 1. The molecule has 1 aliphatic heterocycles. The quantitative estimate of drug-likeness (QED) is 0.613. The summed E-state index contributed by atoms with van der Waals surface area (Å²) in [6.45, 7) is 2.28. The number of carbonyl (C=O) groups excluding carboxylic acids is 1. The van der Waals surface area contributed by atoms with Gasteiger partial charge in [0.2, 0.25) is 0 Å². The number of anilines is 1. The molecule has 2 aromatic rings. The van der Waals surface area contributed by atoms with Gasteiger partial charge in [-0.25, -0.2) is 0 Å². The van der Waals surface area contributed by atoms with Gasteiger partial charge >= 0.3 is 0 Å². The molecule has 0 aromatic heterocycles. The standard InChI is InChI=1S/C19H17NO4S2/c1-3-24-16-10-12(4-9-15(16)21)11-17-18(22)20(19(25)26-17)13-5-7-14(23-2)8-6-13/h4-11,21H,3H2,1-2H3. The molecule has 0 aliphatic carbocycles. The third-order valence-electron chi connectivity index (χ3n) is 3.71. The Balaban J connectivity index is 1.88. The van der Waals surface area contributed by atoms with Gasteiger partial charge in [0.05, 0.1) is 24.3 Å². The maximum absolute atomic E-state index is 12.8. The molecule has 26 heavy (non-hydrogen) atoms. The monoisotopic (exact) mass is 387 g/mol. The first-order valence-electron chi connectivity index (χ1n) is 7.91. The van der Waals surface area contributed by atoms with Crippen molar-refractivity contribution < 1.29 is 19.4 Å². The van der Waals surface area contributed by atoms with Crippen molar-refractivity contribution in [3.05, 3.63) is 52.9 Å². The molecule has 0 saturated carbocycles. The number of benzene rings is 2. The minimum atomic E-state index is -0.184. The Morgan fingerprint density at radius 1 is 1.23 bits per heavy atom.